The lowest BCUT2D eigenvalue weighted by atomic mass is 10.0. The average Bonchev–Trinajstić information content (AvgIpc) is 2.71. The molecule has 0 fully saturated rings. The molecule has 0 aromatic heterocycles. The third-order valence-corrected chi connectivity index (χ3v) is 6.20. The first kappa shape index (κ1) is 23.5. The molecule has 2 aromatic rings. The number of rotatable bonds is 9. The summed E-state index contributed by atoms with van der Waals surface area (Å²) in [5.41, 5.74) is 2.30. The topological polar surface area (TPSA) is 84.9 Å². The zero-order valence-electron chi connectivity index (χ0n) is 18.3. The van der Waals surface area contributed by atoms with Crippen molar-refractivity contribution >= 4 is 21.6 Å². The van der Waals surface area contributed by atoms with Crippen LogP contribution in [-0.4, -0.2) is 40.8 Å². The second-order valence-corrected chi connectivity index (χ2v) is 8.99. The van der Waals surface area contributed by atoms with Crippen LogP contribution in [0.4, 0.5) is 5.69 Å². The van der Waals surface area contributed by atoms with E-state index in [9.17, 15) is 13.2 Å². The molecule has 1 amide bonds. The van der Waals surface area contributed by atoms with Crippen molar-refractivity contribution in [1.29, 1.82) is 0 Å². The third kappa shape index (κ3) is 5.44. The second-order valence-electron chi connectivity index (χ2n) is 7.13. The summed E-state index contributed by atoms with van der Waals surface area (Å²) in [6.07, 6.45) is 1.75. The highest BCUT2D eigenvalue weighted by molar-refractivity contribution is 7.92. The van der Waals surface area contributed by atoms with Gasteiger partial charge < -0.3 is 14.8 Å². The van der Waals surface area contributed by atoms with Gasteiger partial charge in [0.1, 0.15) is 17.5 Å². The van der Waals surface area contributed by atoms with Gasteiger partial charge in [-0.2, -0.15) is 0 Å². The first-order chi connectivity index (χ1) is 14.1. The van der Waals surface area contributed by atoms with Gasteiger partial charge in [0.05, 0.1) is 32.2 Å². The van der Waals surface area contributed by atoms with Crippen LogP contribution in [0.3, 0.4) is 0 Å². The maximum Gasteiger partial charge on any atom is 0.244 e. The summed E-state index contributed by atoms with van der Waals surface area (Å²) < 4.78 is 36.5. The number of sulfonamides is 1. The van der Waals surface area contributed by atoms with E-state index in [-0.39, 0.29) is 11.9 Å². The van der Waals surface area contributed by atoms with Gasteiger partial charge in [-0.3, -0.25) is 9.10 Å². The van der Waals surface area contributed by atoms with Crippen molar-refractivity contribution in [1.82, 2.24) is 5.32 Å². The smallest absolute Gasteiger partial charge is 0.244 e. The Kier molecular flexibility index (Phi) is 7.72. The summed E-state index contributed by atoms with van der Waals surface area (Å²) in [6, 6.07) is 11.1. The molecule has 2 rings (SSSR count). The van der Waals surface area contributed by atoms with Gasteiger partial charge in [0.25, 0.3) is 0 Å². The van der Waals surface area contributed by atoms with Crippen LogP contribution in [0, 0.1) is 6.92 Å². The molecule has 0 radical (unpaired) electrons. The second kappa shape index (κ2) is 9.84. The number of hydrogen-bond donors (Lipinski definition) is 1. The number of methoxy groups -OCH3 is 2. The van der Waals surface area contributed by atoms with Gasteiger partial charge in [-0.25, -0.2) is 8.42 Å². The van der Waals surface area contributed by atoms with Crippen LogP contribution in [0.2, 0.25) is 0 Å². The molecule has 0 bridgehead atoms. The van der Waals surface area contributed by atoms with E-state index in [1.54, 1.807) is 38.3 Å². The standard InChI is InChI=1S/C22H30N2O5S/c1-7-20(17-8-13-21(29-5)15(2)14-17)23-22(25)16(3)24(30(6,26)27)18-9-11-19(28-4)12-10-18/h8-14,16,20H,7H2,1-6H3,(H,23,25)/t16-,20-/m0/s1. The van der Waals surface area contributed by atoms with Gasteiger partial charge in [-0.1, -0.05) is 19.1 Å². The Balaban J connectivity index is 2.28. The van der Waals surface area contributed by atoms with Crippen LogP contribution in [-0.2, 0) is 14.8 Å². The third-order valence-electron chi connectivity index (χ3n) is 4.96. The van der Waals surface area contributed by atoms with E-state index in [1.165, 1.54) is 7.11 Å². The quantitative estimate of drug-likeness (QED) is 0.654. The van der Waals surface area contributed by atoms with Gasteiger partial charge >= 0.3 is 0 Å². The highest BCUT2D eigenvalue weighted by atomic mass is 32.2. The fourth-order valence-electron chi connectivity index (χ4n) is 3.37. The molecule has 0 aliphatic rings. The fraction of sp³-hybridized carbons (Fsp3) is 0.409. The van der Waals surface area contributed by atoms with Crippen molar-refractivity contribution in [3.63, 3.8) is 0 Å². The molecule has 164 valence electrons. The largest absolute Gasteiger partial charge is 0.497 e. The van der Waals surface area contributed by atoms with Crippen molar-refractivity contribution in [2.75, 3.05) is 24.8 Å². The van der Waals surface area contributed by atoms with Crippen LogP contribution in [0.1, 0.15) is 37.4 Å². The minimum absolute atomic E-state index is 0.248. The van der Waals surface area contributed by atoms with Gasteiger partial charge in [-0.05, 0) is 61.7 Å². The van der Waals surface area contributed by atoms with E-state index in [1.807, 2.05) is 32.0 Å². The maximum absolute atomic E-state index is 13.0. The van der Waals surface area contributed by atoms with Gasteiger partial charge in [0.2, 0.25) is 15.9 Å². The van der Waals surface area contributed by atoms with E-state index in [4.69, 9.17) is 9.47 Å². The van der Waals surface area contributed by atoms with Gasteiger partial charge in [0.15, 0.2) is 0 Å². The predicted molar refractivity (Wildman–Crippen MR) is 119 cm³/mol. The summed E-state index contributed by atoms with van der Waals surface area (Å²) in [5, 5.41) is 2.98. The van der Waals surface area contributed by atoms with Crippen molar-refractivity contribution in [2.45, 2.75) is 39.3 Å². The van der Waals surface area contributed by atoms with E-state index >= 15 is 0 Å². The first-order valence-electron chi connectivity index (χ1n) is 9.70. The highest BCUT2D eigenvalue weighted by Gasteiger charge is 2.30. The number of hydrogen-bond acceptors (Lipinski definition) is 5. The first-order valence-corrected chi connectivity index (χ1v) is 11.6. The maximum atomic E-state index is 13.0. The predicted octanol–water partition coefficient (Wildman–Crippen LogP) is 3.43. The molecule has 1 N–H and O–H groups in total. The summed E-state index contributed by atoms with van der Waals surface area (Å²) in [4.78, 5) is 13.0. The molecular formula is C22H30N2O5S. The van der Waals surface area contributed by atoms with E-state index < -0.39 is 16.1 Å². The lowest BCUT2D eigenvalue weighted by Crippen LogP contribution is -2.48. The Labute approximate surface area is 179 Å². The number of carbonyl (C=O) groups excluding carboxylic acids is 1. The summed E-state index contributed by atoms with van der Waals surface area (Å²) >= 11 is 0. The molecule has 2 atom stereocenters. The molecule has 7 nitrogen and oxygen atoms in total. The molecule has 30 heavy (non-hydrogen) atoms. The minimum atomic E-state index is -3.69. The summed E-state index contributed by atoms with van der Waals surface area (Å²) in [5.74, 6) is 0.998. The van der Waals surface area contributed by atoms with Gasteiger partial charge in [0, 0.05) is 0 Å². The molecule has 0 saturated carbocycles. The minimum Gasteiger partial charge on any atom is -0.497 e. The molecule has 0 heterocycles. The molecule has 8 heteroatoms. The van der Waals surface area contributed by atoms with E-state index in [0.717, 1.165) is 27.4 Å². The van der Waals surface area contributed by atoms with Crippen LogP contribution >= 0.6 is 0 Å². The van der Waals surface area contributed by atoms with Crippen molar-refractivity contribution < 1.29 is 22.7 Å². The van der Waals surface area contributed by atoms with Crippen LogP contribution in [0.5, 0.6) is 11.5 Å². The summed E-state index contributed by atoms with van der Waals surface area (Å²) in [7, 11) is -0.544. The number of nitrogens with one attached hydrogen (secondary N) is 1. The number of anilines is 1. The average molecular weight is 435 g/mol. The lowest BCUT2D eigenvalue weighted by Gasteiger charge is -2.30. The molecule has 0 unspecified atom stereocenters. The normalized spacial score (nSPS) is 13.3. The number of benzene rings is 2. The van der Waals surface area contributed by atoms with Crippen molar-refractivity contribution in [2.24, 2.45) is 0 Å². The van der Waals surface area contributed by atoms with Crippen LogP contribution in [0.25, 0.3) is 0 Å². The monoisotopic (exact) mass is 434 g/mol. The molecule has 0 aliphatic heterocycles. The molecule has 0 spiro atoms. The Morgan fingerprint density at radius 1 is 1.10 bits per heavy atom. The number of amides is 1. The Hall–Kier alpha value is -2.74. The fourth-order valence-corrected chi connectivity index (χ4v) is 4.54. The van der Waals surface area contributed by atoms with E-state index in [2.05, 4.69) is 5.32 Å². The Morgan fingerprint density at radius 2 is 1.73 bits per heavy atom. The number of ether oxygens (including phenoxy) is 2. The van der Waals surface area contributed by atoms with Crippen LogP contribution in [0.15, 0.2) is 42.5 Å². The molecule has 2 aromatic carbocycles. The Bertz CT molecular complexity index is 974. The van der Waals surface area contributed by atoms with E-state index in [0.29, 0.717) is 17.9 Å². The molecule has 0 aliphatic carbocycles. The van der Waals surface area contributed by atoms with Crippen LogP contribution < -0.4 is 19.1 Å². The zero-order chi connectivity index (χ0) is 22.5. The highest BCUT2D eigenvalue weighted by Crippen LogP contribution is 2.26. The molecule has 0 saturated heterocycles. The SMILES string of the molecule is CC[C@H](NC(=O)[C@H](C)N(c1ccc(OC)cc1)S(C)(=O)=O)c1ccc(OC)c(C)c1. The lowest BCUT2D eigenvalue weighted by molar-refractivity contribution is -0.122. The van der Waals surface area contributed by atoms with Crippen molar-refractivity contribution in [3.05, 3.63) is 53.6 Å². The zero-order valence-corrected chi connectivity index (χ0v) is 19.1. The van der Waals surface area contributed by atoms with Crippen molar-refractivity contribution in [3.8, 4) is 11.5 Å². The summed E-state index contributed by atoms with van der Waals surface area (Å²) in [6.45, 7) is 5.48. The van der Waals surface area contributed by atoms with Gasteiger partial charge in [-0.15, -0.1) is 0 Å². The Morgan fingerprint density at radius 3 is 2.20 bits per heavy atom. The number of aryl methyl sites for hydroxylation is 1. The number of carbonyl (C=O) groups is 1. The number of nitrogens with zero attached hydrogens (tertiary/aromatic N) is 1. The molecular weight excluding hydrogens is 404 g/mol.